The third-order valence-electron chi connectivity index (χ3n) is 18.2. The Morgan fingerprint density at radius 1 is 0.213 bits per heavy atom. The number of hydrogen-bond acceptors (Lipinski definition) is 4. The van der Waals surface area contributed by atoms with Crippen molar-refractivity contribution in [1.82, 2.24) is 42.8 Å². The molecule has 11 aromatic carbocycles. The van der Waals surface area contributed by atoms with Gasteiger partial charge < -0.3 is 22.8 Å². The van der Waals surface area contributed by atoms with Crippen molar-refractivity contribution in [3.8, 4) is 62.3 Å². The fourth-order valence-electron chi connectivity index (χ4n) is 14.6. The van der Waals surface area contributed by atoms with E-state index in [9.17, 15) is 0 Å². The van der Waals surface area contributed by atoms with Crippen molar-refractivity contribution in [3.63, 3.8) is 0 Å². The zero-order valence-electron chi connectivity index (χ0n) is 47.8. The minimum absolute atomic E-state index is 0.601. The molecule has 8 aromatic heterocycles. The molecule has 8 heterocycles. The summed E-state index contributed by atoms with van der Waals surface area (Å²) in [6.07, 6.45) is 3.78. The topological polar surface area (TPSA) is 76.2 Å². The summed E-state index contributed by atoms with van der Waals surface area (Å²) in [5.74, 6) is 0.601. The lowest BCUT2D eigenvalue weighted by atomic mass is 9.96. The summed E-state index contributed by atoms with van der Waals surface area (Å²) < 4.78 is 12.7. The highest BCUT2D eigenvalue weighted by atomic mass is 15.2. The molecule has 0 aliphatic carbocycles. The second-order valence-corrected chi connectivity index (χ2v) is 22.9. The van der Waals surface area contributed by atoms with E-state index >= 15 is 0 Å². The number of rotatable bonds is 8. The molecule has 0 fully saturated rings. The van der Waals surface area contributed by atoms with E-state index in [0.717, 1.165) is 166 Å². The van der Waals surface area contributed by atoms with Crippen LogP contribution in [0.5, 0.6) is 0 Å². The highest BCUT2D eigenvalue weighted by Crippen LogP contribution is 2.54. The minimum Gasteiger partial charge on any atom is -0.306 e. The van der Waals surface area contributed by atoms with Crippen molar-refractivity contribution in [2.45, 2.75) is 0 Å². The van der Waals surface area contributed by atoms with Crippen LogP contribution in [0.4, 0.5) is 0 Å². The summed E-state index contributed by atoms with van der Waals surface area (Å²) in [7, 11) is 0. The van der Waals surface area contributed by atoms with E-state index in [0.29, 0.717) is 5.82 Å². The predicted octanol–water partition coefficient (Wildman–Crippen LogP) is 19.8. The van der Waals surface area contributed by atoms with Crippen LogP contribution in [-0.2, 0) is 0 Å². The number of benzene rings is 11. The molecule has 9 heteroatoms. The maximum Gasteiger partial charge on any atom is 0.160 e. The third kappa shape index (κ3) is 7.06. The van der Waals surface area contributed by atoms with Gasteiger partial charge in [0.2, 0.25) is 0 Å². The number of para-hydroxylation sites is 8. The number of fused-ring (bicyclic) bond motifs is 15. The van der Waals surface area contributed by atoms with Crippen molar-refractivity contribution in [2.75, 3.05) is 0 Å². The van der Waals surface area contributed by atoms with Gasteiger partial charge in [0.1, 0.15) is 11.0 Å². The van der Waals surface area contributed by atoms with Crippen LogP contribution in [0.1, 0.15) is 0 Å². The van der Waals surface area contributed by atoms with Crippen LogP contribution in [0.3, 0.4) is 0 Å². The molecule has 19 rings (SSSR count). The first-order chi connectivity index (χ1) is 44.2. The molecule has 0 amide bonds. The van der Waals surface area contributed by atoms with E-state index in [4.69, 9.17) is 19.9 Å². The van der Waals surface area contributed by atoms with Crippen LogP contribution in [0, 0.1) is 0 Å². The van der Waals surface area contributed by atoms with Gasteiger partial charge in [-0.15, -0.1) is 0 Å². The van der Waals surface area contributed by atoms with Crippen molar-refractivity contribution in [2.24, 2.45) is 0 Å². The molecule has 0 radical (unpaired) electrons. The van der Waals surface area contributed by atoms with Crippen LogP contribution in [-0.4, -0.2) is 42.8 Å². The molecule has 19 aromatic rings. The highest BCUT2D eigenvalue weighted by molar-refractivity contribution is 6.19. The molecule has 0 aliphatic heterocycles. The molecule has 414 valence electrons. The average Bonchev–Trinajstić information content (AvgIpc) is 1.64. The van der Waals surface area contributed by atoms with Crippen LogP contribution in [0.25, 0.3) is 172 Å². The molecular formula is C80H49N9. The second kappa shape index (κ2) is 19.2. The minimum atomic E-state index is 0.601. The first-order valence-corrected chi connectivity index (χ1v) is 30.1. The maximum absolute atomic E-state index is 6.06. The van der Waals surface area contributed by atoms with E-state index in [1.165, 1.54) is 0 Å². The maximum atomic E-state index is 6.06. The zero-order valence-corrected chi connectivity index (χ0v) is 47.8. The molecule has 0 atom stereocenters. The molecule has 0 saturated heterocycles. The molecular weight excluding hydrogens is 1090 g/mol. The smallest absolute Gasteiger partial charge is 0.160 e. The van der Waals surface area contributed by atoms with Gasteiger partial charge in [0.15, 0.2) is 5.82 Å². The Labute approximate surface area is 509 Å². The van der Waals surface area contributed by atoms with E-state index in [2.05, 4.69) is 308 Å². The van der Waals surface area contributed by atoms with Crippen LogP contribution in [0.15, 0.2) is 298 Å². The predicted molar refractivity (Wildman–Crippen MR) is 366 cm³/mol. The first kappa shape index (κ1) is 49.1. The zero-order chi connectivity index (χ0) is 58.3. The lowest BCUT2D eigenvalue weighted by molar-refractivity contribution is 0.997. The second-order valence-electron chi connectivity index (χ2n) is 22.9. The van der Waals surface area contributed by atoms with Gasteiger partial charge in [-0.2, -0.15) is 0 Å². The normalized spacial score (nSPS) is 12.0. The van der Waals surface area contributed by atoms with Gasteiger partial charge in [-0.3, -0.25) is 9.97 Å². The molecule has 0 N–H and O–H groups in total. The molecule has 0 saturated carbocycles. The van der Waals surface area contributed by atoms with Gasteiger partial charge in [0, 0.05) is 66.6 Å². The fraction of sp³-hybridized carbons (Fsp3) is 0. The molecule has 0 aliphatic rings. The first-order valence-electron chi connectivity index (χ1n) is 30.1. The number of aromatic nitrogens is 9. The monoisotopic (exact) mass is 1140 g/mol. The Morgan fingerprint density at radius 2 is 0.472 bits per heavy atom. The van der Waals surface area contributed by atoms with E-state index in [1.807, 2.05) is 12.4 Å². The Hall–Kier alpha value is -12.2. The lowest BCUT2D eigenvalue weighted by Crippen LogP contribution is -2.19. The molecule has 9 nitrogen and oxygen atoms in total. The fourth-order valence-corrected chi connectivity index (χ4v) is 14.6. The molecule has 0 bridgehead atoms. The van der Waals surface area contributed by atoms with Crippen LogP contribution in [0.2, 0.25) is 0 Å². The molecule has 0 spiro atoms. The summed E-state index contributed by atoms with van der Waals surface area (Å²) in [5, 5.41) is 8.98. The van der Waals surface area contributed by atoms with Gasteiger partial charge in [-0.05, 0) is 78.9 Å². The summed E-state index contributed by atoms with van der Waals surface area (Å²) in [5.41, 5.74) is 20.5. The van der Waals surface area contributed by atoms with Gasteiger partial charge in [0.05, 0.1) is 101 Å². The average molecular weight is 1140 g/mol. The van der Waals surface area contributed by atoms with E-state index in [1.54, 1.807) is 0 Å². The van der Waals surface area contributed by atoms with Crippen LogP contribution < -0.4 is 0 Å². The Balaban J connectivity index is 1.22. The summed E-state index contributed by atoms with van der Waals surface area (Å²) in [6, 6.07) is 103. The number of pyridine rings is 2. The Kier molecular flexibility index (Phi) is 10.6. The Morgan fingerprint density at radius 3 is 0.820 bits per heavy atom. The lowest BCUT2D eigenvalue weighted by Gasteiger charge is -2.31. The molecule has 89 heavy (non-hydrogen) atoms. The van der Waals surface area contributed by atoms with E-state index < -0.39 is 0 Å². The van der Waals surface area contributed by atoms with Gasteiger partial charge in [-0.1, -0.05) is 206 Å². The van der Waals surface area contributed by atoms with Gasteiger partial charge in [0.25, 0.3) is 0 Å². The number of nitrogens with zero attached hydrogens (tertiary/aromatic N) is 9. The summed E-state index contributed by atoms with van der Waals surface area (Å²) in [6.45, 7) is 0. The third-order valence-corrected chi connectivity index (χ3v) is 18.2. The quantitative estimate of drug-likeness (QED) is 0.152. The standard InChI is InChI=1S/C80H49N9/c1-3-25-50(26-4-1)60-49-61(84-80(83-60)51-27-5-2-6-28-51)72-75(85-62-37-15-7-29-52(62)53-30-8-16-38-63(53)85)77(87-66-41-19-11-33-56(66)57-34-12-20-42-67(57)87)79(89-70-45-23-47-81-73(70)74-71(89)46-24-48-82-74)78(88-68-43-21-13-35-58(68)59-36-14-22-44-69(59)88)76(72)86-64-39-17-9-31-54(64)55-32-10-18-40-65(55)86/h1-49H. The number of hydrogen-bond donors (Lipinski definition) is 0. The SMILES string of the molecule is c1ccc(-c2cc(-c3c(-n4c5ccccc5c5ccccc54)c(-n4c5ccccc5c5ccccc54)c(-n4c5cccnc5c5ncccc54)c(-n4c5ccccc5c5ccccc54)c3-n3c4ccccc4c4ccccc43)nc(-c3ccccc3)n2)cc1. The summed E-state index contributed by atoms with van der Waals surface area (Å²) in [4.78, 5) is 22.2. The van der Waals surface area contributed by atoms with Crippen molar-refractivity contribution in [1.29, 1.82) is 0 Å². The largest absolute Gasteiger partial charge is 0.306 e. The molecule has 0 unspecified atom stereocenters. The van der Waals surface area contributed by atoms with Gasteiger partial charge in [-0.25, -0.2) is 9.97 Å². The van der Waals surface area contributed by atoms with Crippen LogP contribution >= 0.6 is 0 Å². The van der Waals surface area contributed by atoms with Crippen molar-refractivity contribution in [3.05, 3.63) is 298 Å². The highest BCUT2D eigenvalue weighted by Gasteiger charge is 2.37. The summed E-state index contributed by atoms with van der Waals surface area (Å²) >= 11 is 0. The van der Waals surface area contributed by atoms with Gasteiger partial charge >= 0.3 is 0 Å². The van der Waals surface area contributed by atoms with Crippen molar-refractivity contribution < 1.29 is 0 Å². The van der Waals surface area contributed by atoms with Crippen molar-refractivity contribution >= 4 is 109 Å². The van der Waals surface area contributed by atoms with E-state index in [-0.39, 0.29) is 0 Å². The Bertz CT molecular complexity index is 5540.